The third-order valence-electron chi connectivity index (χ3n) is 6.38. The summed E-state index contributed by atoms with van der Waals surface area (Å²) in [6, 6.07) is 10.5. The Balaban J connectivity index is 1.65. The number of nitrogens with one attached hydrogen (secondary N) is 1. The van der Waals surface area contributed by atoms with Gasteiger partial charge >= 0.3 is 0 Å². The van der Waals surface area contributed by atoms with Crippen LogP contribution in [0.3, 0.4) is 0 Å². The van der Waals surface area contributed by atoms with Crippen molar-refractivity contribution >= 4 is 17.5 Å². The van der Waals surface area contributed by atoms with E-state index < -0.39 is 11.9 Å². The van der Waals surface area contributed by atoms with Crippen LogP contribution in [0.4, 0.5) is 10.1 Å². The zero-order chi connectivity index (χ0) is 22.0. The first-order chi connectivity index (χ1) is 15.0. The number of carbonyl (C=O) groups excluding carboxylic acids is 2. The molecule has 1 aliphatic heterocycles. The number of ether oxygens (including phenoxy) is 2. The van der Waals surface area contributed by atoms with Gasteiger partial charge in [-0.1, -0.05) is 25.0 Å². The maximum Gasteiger partial charge on any atom is 0.258 e. The first-order valence-corrected chi connectivity index (χ1v) is 10.6. The Hall–Kier alpha value is -3.09. The third kappa shape index (κ3) is 4.09. The summed E-state index contributed by atoms with van der Waals surface area (Å²) in [5.41, 5.74) is 0.835. The molecule has 6 nitrogen and oxygen atoms in total. The lowest BCUT2D eigenvalue weighted by Crippen LogP contribution is -2.48. The zero-order valence-corrected chi connectivity index (χ0v) is 17.8. The first-order valence-electron chi connectivity index (χ1n) is 10.6. The molecule has 0 radical (unpaired) electrons. The summed E-state index contributed by atoms with van der Waals surface area (Å²) in [6.07, 6.45) is 4.65. The van der Waals surface area contributed by atoms with Crippen LogP contribution >= 0.6 is 0 Å². The quantitative estimate of drug-likeness (QED) is 0.776. The molecule has 0 spiro atoms. The van der Waals surface area contributed by atoms with Crippen LogP contribution in [-0.4, -0.2) is 43.0 Å². The second-order valence-electron chi connectivity index (χ2n) is 8.11. The molecule has 4 rings (SSSR count). The molecule has 7 heteroatoms. The maximum absolute atomic E-state index is 13.6. The van der Waals surface area contributed by atoms with Crippen molar-refractivity contribution in [1.82, 2.24) is 4.90 Å². The van der Waals surface area contributed by atoms with Crippen LogP contribution in [0.25, 0.3) is 0 Å². The van der Waals surface area contributed by atoms with Crippen LogP contribution < -0.4 is 14.8 Å². The molecule has 0 aromatic heterocycles. The van der Waals surface area contributed by atoms with Gasteiger partial charge in [0.15, 0.2) is 0 Å². The summed E-state index contributed by atoms with van der Waals surface area (Å²) in [6.45, 7) is 0. The van der Waals surface area contributed by atoms with E-state index in [1.807, 2.05) is 6.07 Å². The molecule has 3 atom stereocenters. The zero-order valence-electron chi connectivity index (χ0n) is 17.8. The highest BCUT2D eigenvalue weighted by atomic mass is 19.1. The number of hydrogen-bond acceptors (Lipinski definition) is 4. The van der Waals surface area contributed by atoms with Crippen molar-refractivity contribution in [2.24, 2.45) is 5.92 Å². The third-order valence-corrected chi connectivity index (χ3v) is 6.38. The predicted molar refractivity (Wildman–Crippen MR) is 115 cm³/mol. The Morgan fingerprint density at radius 3 is 2.55 bits per heavy atom. The van der Waals surface area contributed by atoms with Crippen molar-refractivity contribution in [1.29, 1.82) is 0 Å². The molecule has 1 aliphatic carbocycles. The minimum Gasteiger partial charge on any atom is -0.496 e. The number of amides is 2. The average Bonchev–Trinajstić information content (AvgIpc) is 3.19. The molecule has 1 saturated carbocycles. The van der Waals surface area contributed by atoms with Crippen molar-refractivity contribution in [3.05, 3.63) is 53.8 Å². The van der Waals surface area contributed by atoms with E-state index >= 15 is 0 Å². The van der Waals surface area contributed by atoms with Gasteiger partial charge in [0.1, 0.15) is 23.4 Å². The average molecular weight is 426 g/mol. The number of fused-ring (bicyclic) bond motifs is 1. The van der Waals surface area contributed by atoms with Crippen molar-refractivity contribution in [3.63, 3.8) is 0 Å². The summed E-state index contributed by atoms with van der Waals surface area (Å²) < 4.78 is 24.1. The number of likely N-dealkylation sites (tertiary alicyclic amines) is 1. The number of halogens is 1. The van der Waals surface area contributed by atoms with Gasteiger partial charge < -0.3 is 19.7 Å². The monoisotopic (exact) mass is 426 g/mol. The van der Waals surface area contributed by atoms with E-state index in [4.69, 9.17) is 9.47 Å². The molecule has 2 aliphatic rings. The van der Waals surface area contributed by atoms with E-state index in [1.54, 1.807) is 23.1 Å². The molecule has 2 amide bonds. The van der Waals surface area contributed by atoms with Crippen LogP contribution in [-0.2, 0) is 4.79 Å². The van der Waals surface area contributed by atoms with Crippen molar-refractivity contribution in [2.45, 2.75) is 44.2 Å². The number of hydrogen-bond donors (Lipinski definition) is 1. The lowest BCUT2D eigenvalue weighted by Gasteiger charge is -2.34. The largest absolute Gasteiger partial charge is 0.496 e. The second kappa shape index (κ2) is 8.96. The van der Waals surface area contributed by atoms with E-state index in [2.05, 4.69) is 5.32 Å². The predicted octanol–water partition coefficient (Wildman–Crippen LogP) is 4.25. The smallest absolute Gasteiger partial charge is 0.258 e. The Labute approximate surface area is 181 Å². The number of nitrogens with zero attached hydrogens (tertiary/aromatic N) is 1. The van der Waals surface area contributed by atoms with Gasteiger partial charge in [0.05, 0.1) is 25.5 Å². The van der Waals surface area contributed by atoms with Gasteiger partial charge in [-0.05, 0) is 49.4 Å². The van der Waals surface area contributed by atoms with Gasteiger partial charge in [0, 0.05) is 12.1 Å². The van der Waals surface area contributed by atoms with Crippen molar-refractivity contribution in [3.8, 4) is 11.5 Å². The first kappa shape index (κ1) is 21.2. The van der Waals surface area contributed by atoms with Gasteiger partial charge in [0.25, 0.3) is 5.91 Å². The van der Waals surface area contributed by atoms with Gasteiger partial charge in [-0.25, -0.2) is 4.39 Å². The molecular weight excluding hydrogens is 399 g/mol. The molecule has 2 fully saturated rings. The Morgan fingerprint density at radius 2 is 1.77 bits per heavy atom. The fourth-order valence-electron chi connectivity index (χ4n) is 4.93. The van der Waals surface area contributed by atoms with E-state index in [0.717, 1.165) is 25.7 Å². The van der Waals surface area contributed by atoms with E-state index in [0.29, 0.717) is 29.3 Å². The van der Waals surface area contributed by atoms with Crippen LogP contribution in [0.5, 0.6) is 11.5 Å². The van der Waals surface area contributed by atoms with Gasteiger partial charge in [0.2, 0.25) is 5.91 Å². The normalized spacial score (nSPS) is 22.5. The highest BCUT2D eigenvalue weighted by Gasteiger charge is 2.48. The highest BCUT2D eigenvalue weighted by molar-refractivity contribution is 6.03. The Kier molecular flexibility index (Phi) is 6.11. The second-order valence-corrected chi connectivity index (χ2v) is 8.11. The van der Waals surface area contributed by atoms with Crippen LogP contribution in [0.15, 0.2) is 42.5 Å². The molecule has 1 N–H and O–H groups in total. The fraction of sp³-hybridized carbons (Fsp3) is 0.417. The SMILES string of the molecule is COc1cc(F)ccc1NC(=O)C1CC2CCCCC2N1C(=O)c1ccccc1OC. The molecule has 2 aromatic rings. The number of benzene rings is 2. The summed E-state index contributed by atoms with van der Waals surface area (Å²) in [5.74, 6) is 0.0890. The minimum absolute atomic E-state index is 0.0250. The van der Waals surface area contributed by atoms with E-state index in [-0.39, 0.29) is 23.6 Å². The number of methoxy groups -OCH3 is 2. The number of carbonyl (C=O) groups is 2. The molecule has 164 valence electrons. The highest BCUT2D eigenvalue weighted by Crippen LogP contribution is 2.41. The topological polar surface area (TPSA) is 67.9 Å². The summed E-state index contributed by atoms with van der Waals surface area (Å²) in [5, 5.41) is 2.85. The molecule has 2 aromatic carbocycles. The lowest BCUT2D eigenvalue weighted by molar-refractivity contribution is -0.120. The van der Waals surface area contributed by atoms with Crippen molar-refractivity contribution in [2.75, 3.05) is 19.5 Å². The number of anilines is 1. The van der Waals surface area contributed by atoms with E-state index in [9.17, 15) is 14.0 Å². The standard InChI is InChI=1S/C24H27FN2O4/c1-30-21-10-6-4-8-17(21)24(29)27-19-9-5-3-7-15(19)13-20(27)23(28)26-18-12-11-16(25)14-22(18)31-2/h4,6,8,10-12,14-15,19-20H,3,5,7,9,13H2,1-2H3,(H,26,28). The van der Waals surface area contributed by atoms with E-state index in [1.165, 1.54) is 32.4 Å². The van der Waals surface area contributed by atoms with Gasteiger partial charge in [-0.2, -0.15) is 0 Å². The van der Waals surface area contributed by atoms with Crippen LogP contribution in [0.2, 0.25) is 0 Å². The molecule has 0 bridgehead atoms. The molecular formula is C24H27FN2O4. The fourth-order valence-corrected chi connectivity index (χ4v) is 4.93. The molecule has 3 unspecified atom stereocenters. The minimum atomic E-state index is -0.611. The number of para-hydroxylation sites is 1. The van der Waals surface area contributed by atoms with Gasteiger partial charge in [-0.15, -0.1) is 0 Å². The molecule has 1 heterocycles. The Morgan fingerprint density at radius 1 is 1.03 bits per heavy atom. The molecule has 31 heavy (non-hydrogen) atoms. The summed E-state index contributed by atoms with van der Waals surface area (Å²) in [7, 11) is 2.95. The summed E-state index contributed by atoms with van der Waals surface area (Å²) >= 11 is 0. The van der Waals surface area contributed by atoms with Gasteiger partial charge in [-0.3, -0.25) is 9.59 Å². The molecule has 1 saturated heterocycles. The maximum atomic E-state index is 13.6. The van der Waals surface area contributed by atoms with Crippen LogP contribution in [0.1, 0.15) is 42.5 Å². The number of rotatable bonds is 5. The summed E-state index contributed by atoms with van der Waals surface area (Å²) in [4.78, 5) is 28.7. The lowest BCUT2D eigenvalue weighted by atomic mass is 9.84. The van der Waals surface area contributed by atoms with Crippen LogP contribution in [0, 0.1) is 11.7 Å². The van der Waals surface area contributed by atoms with Crippen molar-refractivity contribution < 1.29 is 23.5 Å². The Bertz CT molecular complexity index is 980.